The molecule has 14 heavy (non-hydrogen) atoms. The molecule has 1 aromatic heterocycles. The summed E-state index contributed by atoms with van der Waals surface area (Å²) in [5, 5.41) is 3.41. The number of hydrogen-bond donors (Lipinski definition) is 2. The lowest BCUT2D eigenvalue weighted by molar-refractivity contribution is 0.491. The highest BCUT2D eigenvalue weighted by Crippen LogP contribution is 2.31. The molecule has 2 rings (SSSR count). The van der Waals surface area contributed by atoms with Gasteiger partial charge in [0.25, 0.3) is 0 Å². The van der Waals surface area contributed by atoms with Gasteiger partial charge in [0.1, 0.15) is 5.82 Å². The van der Waals surface area contributed by atoms with Crippen molar-refractivity contribution in [2.75, 3.05) is 11.9 Å². The van der Waals surface area contributed by atoms with Crippen LogP contribution < -0.4 is 11.1 Å². The summed E-state index contributed by atoms with van der Waals surface area (Å²) in [6.07, 6.45) is 9.90. The van der Waals surface area contributed by atoms with Crippen LogP contribution in [0.4, 0.5) is 5.82 Å². The topological polar surface area (TPSA) is 63.8 Å². The van der Waals surface area contributed by atoms with Gasteiger partial charge in [-0.2, -0.15) is 0 Å². The smallest absolute Gasteiger partial charge is 0.144 e. The van der Waals surface area contributed by atoms with Gasteiger partial charge in [-0.1, -0.05) is 12.8 Å². The minimum absolute atomic E-state index is 0.0655. The Morgan fingerprint density at radius 1 is 1.36 bits per heavy atom. The van der Waals surface area contributed by atoms with Crippen LogP contribution in [-0.2, 0) is 0 Å². The van der Waals surface area contributed by atoms with Crippen LogP contribution in [0.3, 0.4) is 0 Å². The minimum atomic E-state index is 0.0655. The van der Waals surface area contributed by atoms with E-state index in [1.54, 1.807) is 18.6 Å². The Balaban J connectivity index is 2.08. The Morgan fingerprint density at radius 3 is 2.71 bits per heavy atom. The predicted octanol–water partition coefficient (Wildman–Crippen LogP) is 1.16. The second kappa shape index (κ2) is 3.92. The largest absolute Gasteiger partial charge is 0.362 e. The van der Waals surface area contributed by atoms with Crippen molar-refractivity contribution < 1.29 is 0 Å². The normalized spacial score (nSPS) is 19.5. The van der Waals surface area contributed by atoms with E-state index < -0.39 is 0 Å². The summed E-state index contributed by atoms with van der Waals surface area (Å²) in [6.45, 7) is 0.670. The van der Waals surface area contributed by atoms with Gasteiger partial charge in [-0.15, -0.1) is 0 Å². The maximum Gasteiger partial charge on any atom is 0.144 e. The third-order valence-electron chi connectivity index (χ3n) is 2.91. The molecule has 0 aliphatic heterocycles. The molecule has 1 aromatic rings. The third kappa shape index (κ3) is 1.85. The van der Waals surface area contributed by atoms with Crippen LogP contribution >= 0.6 is 0 Å². The van der Waals surface area contributed by atoms with Crippen molar-refractivity contribution in [1.82, 2.24) is 9.97 Å². The Morgan fingerprint density at radius 2 is 2.14 bits per heavy atom. The highest BCUT2D eigenvalue weighted by atomic mass is 15.1. The van der Waals surface area contributed by atoms with Crippen molar-refractivity contribution in [3.8, 4) is 0 Å². The fourth-order valence-electron chi connectivity index (χ4n) is 2.07. The average molecular weight is 192 g/mol. The molecule has 1 fully saturated rings. The molecule has 1 aliphatic carbocycles. The molecule has 0 atom stereocenters. The summed E-state index contributed by atoms with van der Waals surface area (Å²) in [7, 11) is 0. The van der Waals surface area contributed by atoms with Gasteiger partial charge in [0.2, 0.25) is 0 Å². The van der Waals surface area contributed by atoms with Crippen molar-refractivity contribution in [2.45, 2.75) is 31.2 Å². The summed E-state index contributed by atoms with van der Waals surface area (Å²) in [5.74, 6) is 0.833. The van der Waals surface area contributed by atoms with Crippen LogP contribution in [0, 0.1) is 0 Å². The van der Waals surface area contributed by atoms with E-state index in [1.165, 1.54) is 12.8 Å². The number of aromatic nitrogens is 2. The lowest BCUT2D eigenvalue weighted by Crippen LogP contribution is -2.43. The van der Waals surface area contributed by atoms with Gasteiger partial charge in [-0.3, -0.25) is 4.98 Å². The quantitative estimate of drug-likeness (QED) is 0.754. The lowest BCUT2D eigenvalue weighted by Gasteiger charge is -2.28. The lowest BCUT2D eigenvalue weighted by atomic mass is 9.98. The van der Waals surface area contributed by atoms with E-state index in [4.69, 9.17) is 5.73 Å². The van der Waals surface area contributed by atoms with Crippen molar-refractivity contribution >= 4 is 5.82 Å². The molecule has 1 aliphatic rings. The highest BCUT2D eigenvalue weighted by Gasteiger charge is 2.32. The molecule has 0 bridgehead atoms. The zero-order chi connectivity index (χ0) is 9.86. The van der Waals surface area contributed by atoms with E-state index in [2.05, 4.69) is 15.3 Å². The van der Waals surface area contributed by atoms with E-state index in [0.29, 0.717) is 6.54 Å². The molecule has 1 heterocycles. The van der Waals surface area contributed by atoms with Crippen molar-refractivity contribution in [3.05, 3.63) is 18.6 Å². The molecule has 0 unspecified atom stereocenters. The Hall–Kier alpha value is -1.16. The van der Waals surface area contributed by atoms with E-state index in [1.807, 2.05) is 0 Å². The fourth-order valence-corrected chi connectivity index (χ4v) is 2.07. The van der Waals surface area contributed by atoms with Gasteiger partial charge in [0, 0.05) is 18.9 Å². The summed E-state index contributed by atoms with van der Waals surface area (Å²) in [4.78, 5) is 8.23. The van der Waals surface area contributed by atoms with Gasteiger partial charge < -0.3 is 11.1 Å². The van der Waals surface area contributed by atoms with Crippen LogP contribution in [0.5, 0.6) is 0 Å². The molecule has 0 spiro atoms. The Bertz CT molecular complexity index is 279. The van der Waals surface area contributed by atoms with E-state index >= 15 is 0 Å². The molecule has 76 valence electrons. The maximum atomic E-state index is 5.81. The number of anilines is 1. The fraction of sp³-hybridized carbons (Fsp3) is 0.600. The van der Waals surface area contributed by atoms with Crippen molar-refractivity contribution in [1.29, 1.82) is 0 Å². The van der Waals surface area contributed by atoms with Crippen LogP contribution in [0.15, 0.2) is 18.6 Å². The Kier molecular flexibility index (Phi) is 2.63. The first-order valence-electron chi connectivity index (χ1n) is 5.09. The van der Waals surface area contributed by atoms with Crippen LogP contribution in [0.1, 0.15) is 25.7 Å². The van der Waals surface area contributed by atoms with E-state index in [9.17, 15) is 0 Å². The molecule has 1 saturated carbocycles. The first kappa shape index (κ1) is 9.40. The standard InChI is InChI=1S/C10H16N4/c11-8-10(3-1-2-4-10)14-9-7-12-5-6-13-9/h5-7H,1-4,8,11H2,(H,13,14). The molecule has 0 aromatic carbocycles. The van der Waals surface area contributed by atoms with Crippen LogP contribution in [0.25, 0.3) is 0 Å². The van der Waals surface area contributed by atoms with Gasteiger partial charge in [0.05, 0.1) is 11.7 Å². The van der Waals surface area contributed by atoms with E-state index in [-0.39, 0.29) is 5.54 Å². The number of nitrogens with one attached hydrogen (secondary N) is 1. The van der Waals surface area contributed by atoms with Gasteiger partial charge >= 0.3 is 0 Å². The molecule has 0 amide bonds. The predicted molar refractivity (Wildman–Crippen MR) is 55.9 cm³/mol. The summed E-state index contributed by atoms with van der Waals surface area (Å²) in [5.41, 5.74) is 5.87. The first-order chi connectivity index (χ1) is 6.85. The second-order valence-electron chi connectivity index (χ2n) is 3.91. The molecule has 0 radical (unpaired) electrons. The summed E-state index contributed by atoms with van der Waals surface area (Å²) >= 11 is 0. The molecule has 3 N–H and O–H groups in total. The molecule has 0 saturated heterocycles. The van der Waals surface area contributed by atoms with Crippen LogP contribution in [-0.4, -0.2) is 22.1 Å². The summed E-state index contributed by atoms with van der Waals surface area (Å²) < 4.78 is 0. The molecular weight excluding hydrogens is 176 g/mol. The third-order valence-corrected chi connectivity index (χ3v) is 2.91. The highest BCUT2D eigenvalue weighted by molar-refractivity contribution is 5.35. The monoisotopic (exact) mass is 192 g/mol. The maximum absolute atomic E-state index is 5.81. The SMILES string of the molecule is NCC1(Nc2cnccn2)CCCC1. The number of rotatable bonds is 3. The molecule has 4 heteroatoms. The number of nitrogens with zero attached hydrogens (tertiary/aromatic N) is 2. The van der Waals surface area contributed by atoms with Gasteiger partial charge in [-0.25, -0.2) is 4.98 Å². The number of nitrogens with two attached hydrogens (primary N) is 1. The second-order valence-corrected chi connectivity index (χ2v) is 3.91. The van der Waals surface area contributed by atoms with Gasteiger partial charge in [0.15, 0.2) is 0 Å². The van der Waals surface area contributed by atoms with Crippen molar-refractivity contribution in [3.63, 3.8) is 0 Å². The van der Waals surface area contributed by atoms with Gasteiger partial charge in [-0.05, 0) is 12.8 Å². The molecular formula is C10H16N4. The number of hydrogen-bond acceptors (Lipinski definition) is 4. The Labute approximate surface area is 83.9 Å². The molecule has 4 nitrogen and oxygen atoms in total. The average Bonchev–Trinajstić information content (AvgIpc) is 2.69. The zero-order valence-electron chi connectivity index (χ0n) is 8.24. The van der Waals surface area contributed by atoms with Crippen LogP contribution in [0.2, 0.25) is 0 Å². The first-order valence-corrected chi connectivity index (χ1v) is 5.09. The van der Waals surface area contributed by atoms with E-state index in [0.717, 1.165) is 18.7 Å². The minimum Gasteiger partial charge on any atom is -0.362 e. The van der Waals surface area contributed by atoms with Crippen molar-refractivity contribution in [2.24, 2.45) is 5.73 Å². The zero-order valence-corrected chi connectivity index (χ0v) is 8.24. The summed E-state index contributed by atoms with van der Waals surface area (Å²) in [6, 6.07) is 0.